The Morgan fingerprint density at radius 3 is 2.38 bits per heavy atom. The van der Waals surface area contributed by atoms with Crippen molar-refractivity contribution in [2.24, 2.45) is 11.8 Å². The molecule has 1 aliphatic carbocycles. The van der Waals surface area contributed by atoms with E-state index in [0.29, 0.717) is 6.42 Å². The first kappa shape index (κ1) is 12.7. The highest BCUT2D eigenvalue weighted by Gasteiger charge is 2.25. The SMILES string of the molecule is CC(C)C[C@@H](NC(=O)C1CC=CC1)C(=O)O. The lowest BCUT2D eigenvalue weighted by Gasteiger charge is -2.18. The summed E-state index contributed by atoms with van der Waals surface area (Å²) in [4.78, 5) is 22.7. The lowest BCUT2D eigenvalue weighted by atomic mass is 10.0. The van der Waals surface area contributed by atoms with E-state index in [9.17, 15) is 9.59 Å². The van der Waals surface area contributed by atoms with E-state index in [1.54, 1.807) is 0 Å². The average Bonchev–Trinajstić information content (AvgIpc) is 2.68. The van der Waals surface area contributed by atoms with Crippen molar-refractivity contribution in [2.45, 2.75) is 39.2 Å². The van der Waals surface area contributed by atoms with Crippen LogP contribution in [0.2, 0.25) is 0 Å². The lowest BCUT2D eigenvalue weighted by Crippen LogP contribution is -2.43. The van der Waals surface area contributed by atoms with Crippen LogP contribution in [0, 0.1) is 11.8 Å². The minimum absolute atomic E-state index is 0.0750. The van der Waals surface area contributed by atoms with Gasteiger partial charge in [0.05, 0.1) is 0 Å². The number of allylic oxidation sites excluding steroid dienone is 2. The van der Waals surface area contributed by atoms with Crippen molar-refractivity contribution in [3.8, 4) is 0 Å². The lowest BCUT2D eigenvalue weighted by molar-refractivity contribution is -0.142. The first-order valence-electron chi connectivity index (χ1n) is 5.69. The molecule has 0 unspecified atom stereocenters. The van der Waals surface area contributed by atoms with E-state index in [0.717, 1.165) is 12.8 Å². The van der Waals surface area contributed by atoms with Gasteiger partial charge in [0.2, 0.25) is 5.91 Å². The number of nitrogens with one attached hydrogen (secondary N) is 1. The van der Waals surface area contributed by atoms with Crippen molar-refractivity contribution in [2.75, 3.05) is 0 Å². The van der Waals surface area contributed by atoms with Crippen LogP contribution < -0.4 is 5.32 Å². The van der Waals surface area contributed by atoms with Gasteiger partial charge in [-0.25, -0.2) is 4.79 Å². The maximum Gasteiger partial charge on any atom is 0.326 e. The van der Waals surface area contributed by atoms with Crippen LogP contribution >= 0.6 is 0 Å². The molecule has 0 aromatic rings. The quantitative estimate of drug-likeness (QED) is 0.698. The maximum absolute atomic E-state index is 11.7. The van der Waals surface area contributed by atoms with E-state index >= 15 is 0 Å². The molecule has 2 N–H and O–H groups in total. The molecule has 0 aromatic heterocycles. The number of carbonyl (C=O) groups is 2. The van der Waals surface area contributed by atoms with Crippen LogP contribution in [0.5, 0.6) is 0 Å². The van der Waals surface area contributed by atoms with E-state index in [2.05, 4.69) is 5.32 Å². The summed E-state index contributed by atoms with van der Waals surface area (Å²) >= 11 is 0. The van der Waals surface area contributed by atoms with Crippen LogP contribution in [0.3, 0.4) is 0 Å². The third kappa shape index (κ3) is 3.68. The van der Waals surface area contributed by atoms with Gasteiger partial charge in [0.25, 0.3) is 0 Å². The summed E-state index contributed by atoms with van der Waals surface area (Å²) in [6, 6.07) is -0.756. The molecule has 4 heteroatoms. The summed E-state index contributed by atoms with van der Waals surface area (Å²) in [7, 11) is 0. The zero-order valence-electron chi connectivity index (χ0n) is 9.77. The van der Waals surface area contributed by atoms with Crippen LogP contribution in [0.15, 0.2) is 12.2 Å². The largest absolute Gasteiger partial charge is 0.480 e. The first-order chi connectivity index (χ1) is 7.50. The Hall–Kier alpha value is -1.32. The van der Waals surface area contributed by atoms with Gasteiger partial charge in [-0.1, -0.05) is 26.0 Å². The van der Waals surface area contributed by atoms with Crippen LogP contribution in [-0.4, -0.2) is 23.0 Å². The molecule has 0 saturated heterocycles. The molecule has 1 aliphatic rings. The minimum Gasteiger partial charge on any atom is -0.480 e. The fourth-order valence-electron chi connectivity index (χ4n) is 1.81. The van der Waals surface area contributed by atoms with Crippen molar-refractivity contribution < 1.29 is 14.7 Å². The highest BCUT2D eigenvalue weighted by molar-refractivity contribution is 5.85. The van der Waals surface area contributed by atoms with Gasteiger partial charge in [-0.3, -0.25) is 4.79 Å². The molecule has 1 rings (SSSR count). The van der Waals surface area contributed by atoms with E-state index in [-0.39, 0.29) is 17.7 Å². The zero-order valence-corrected chi connectivity index (χ0v) is 9.77. The number of hydrogen-bond donors (Lipinski definition) is 2. The predicted octanol–water partition coefficient (Wildman–Crippen LogP) is 1.57. The Morgan fingerprint density at radius 1 is 1.38 bits per heavy atom. The van der Waals surface area contributed by atoms with Crippen molar-refractivity contribution in [3.05, 3.63) is 12.2 Å². The predicted molar refractivity (Wildman–Crippen MR) is 60.9 cm³/mol. The van der Waals surface area contributed by atoms with Gasteiger partial charge in [-0.05, 0) is 25.2 Å². The van der Waals surface area contributed by atoms with Crippen molar-refractivity contribution in [1.29, 1.82) is 0 Å². The summed E-state index contributed by atoms with van der Waals surface area (Å²) < 4.78 is 0. The van der Waals surface area contributed by atoms with Gasteiger partial charge in [-0.15, -0.1) is 0 Å². The minimum atomic E-state index is -0.951. The van der Waals surface area contributed by atoms with Gasteiger partial charge >= 0.3 is 5.97 Å². The first-order valence-corrected chi connectivity index (χ1v) is 5.69. The van der Waals surface area contributed by atoms with Gasteiger partial charge in [0, 0.05) is 5.92 Å². The Labute approximate surface area is 95.7 Å². The normalized spacial score (nSPS) is 17.7. The molecular weight excluding hydrogens is 206 g/mol. The van der Waals surface area contributed by atoms with Crippen LogP contribution in [-0.2, 0) is 9.59 Å². The Balaban J connectivity index is 2.47. The maximum atomic E-state index is 11.7. The summed E-state index contributed by atoms with van der Waals surface area (Å²) in [5.74, 6) is -0.914. The molecule has 1 amide bonds. The van der Waals surface area contributed by atoms with E-state index in [4.69, 9.17) is 5.11 Å². The number of amides is 1. The number of hydrogen-bond acceptors (Lipinski definition) is 2. The molecule has 16 heavy (non-hydrogen) atoms. The van der Waals surface area contributed by atoms with Gasteiger partial charge in [0.1, 0.15) is 6.04 Å². The molecule has 0 saturated carbocycles. The molecule has 0 aromatic carbocycles. The smallest absolute Gasteiger partial charge is 0.326 e. The summed E-state index contributed by atoms with van der Waals surface area (Å²) in [6.45, 7) is 3.89. The summed E-state index contributed by atoms with van der Waals surface area (Å²) in [6.07, 6.45) is 5.84. The molecule has 0 radical (unpaired) electrons. The highest BCUT2D eigenvalue weighted by atomic mass is 16.4. The summed E-state index contributed by atoms with van der Waals surface area (Å²) in [5, 5.41) is 11.6. The second-order valence-corrected chi connectivity index (χ2v) is 4.67. The molecule has 1 atom stereocenters. The Kier molecular flexibility index (Phi) is 4.52. The Bertz CT molecular complexity index is 289. The van der Waals surface area contributed by atoms with Crippen LogP contribution in [0.4, 0.5) is 0 Å². The van der Waals surface area contributed by atoms with E-state index in [1.165, 1.54) is 0 Å². The molecule has 0 spiro atoms. The Morgan fingerprint density at radius 2 is 1.94 bits per heavy atom. The van der Waals surface area contributed by atoms with E-state index < -0.39 is 12.0 Å². The molecule has 4 nitrogen and oxygen atoms in total. The standard InChI is InChI=1S/C12H19NO3/c1-8(2)7-10(12(15)16)13-11(14)9-5-3-4-6-9/h3-4,8-10H,5-7H2,1-2H3,(H,13,14)(H,15,16)/t10-/m1/s1. The third-order valence-electron chi connectivity index (χ3n) is 2.70. The number of carbonyl (C=O) groups excluding carboxylic acids is 1. The summed E-state index contributed by atoms with van der Waals surface area (Å²) in [5.41, 5.74) is 0. The second-order valence-electron chi connectivity index (χ2n) is 4.67. The number of carboxylic acids is 1. The topological polar surface area (TPSA) is 66.4 Å². The molecule has 0 bridgehead atoms. The van der Waals surface area contributed by atoms with Gasteiger partial charge < -0.3 is 10.4 Å². The highest BCUT2D eigenvalue weighted by Crippen LogP contribution is 2.18. The molecular formula is C12H19NO3. The van der Waals surface area contributed by atoms with Crippen molar-refractivity contribution in [1.82, 2.24) is 5.32 Å². The van der Waals surface area contributed by atoms with E-state index in [1.807, 2.05) is 26.0 Å². The number of carboxylic acid groups (broad SMARTS) is 1. The molecule has 0 fully saturated rings. The number of rotatable bonds is 5. The van der Waals surface area contributed by atoms with Crippen LogP contribution in [0.1, 0.15) is 33.1 Å². The monoisotopic (exact) mass is 225 g/mol. The fourth-order valence-corrected chi connectivity index (χ4v) is 1.81. The third-order valence-corrected chi connectivity index (χ3v) is 2.70. The fraction of sp³-hybridized carbons (Fsp3) is 0.667. The second kappa shape index (κ2) is 5.68. The van der Waals surface area contributed by atoms with Crippen LogP contribution in [0.25, 0.3) is 0 Å². The zero-order chi connectivity index (χ0) is 12.1. The molecule has 0 heterocycles. The number of aliphatic carboxylic acids is 1. The molecule has 90 valence electrons. The molecule has 0 aliphatic heterocycles. The van der Waals surface area contributed by atoms with Crippen molar-refractivity contribution >= 4 is 11.9 Å². The van der Waals surface area contributed by atoms with Crippen molar-refractivity contribution in [3.63, 3.8) is 0 Å². The van der Waals surface area contributed by atoms with Gasteiger partial charge in [0.15, 0.2) is 0 Å². The van der Waals surface area contributed by atoms with Gasteiger partial charge in [-0.2, -0.15) is 0 Å². The average molecular weight is 225 g/mol.